The molecule has 0 saturated carbocycles. The second-order valence-corrected chi connectivity index (χ2v) is 4.63. The number of rotatable bonds is 3. The van der Waals surface area contributed by atoms with E-state index in [2.05, 4.69) is 31.1 Å². The minimum atomic E-state index is -0.287. The molecule has 0 bridgehead atoms. The van der Waals surface area contributed by atoms with Gasteiger partial charge in [-0.2, -0.15) is 0 Å². The number of pyridine rings is 1. The van der Waals surface area contributed by atoms with E-state index in [0.717, 1.165) is 12.2 Å². The van der Waals surface area contributed by atoms with Gasteiger partial charge >= 0.3 is 0 Å². The van der Waals surface area contributed by atoms with E-state index in [-0.39, 0.29) is 11.2 Å². The molecule has 0 saturated heterocycles. The lowest BCUT2D eigenvalue weighted by atomic mass is 9.97. The highest BCUT2D eigenvalue weighted by molar-refractivity contribution is 5.04. The summed E-state index contributed by atoms with van der Waals surface area (Å²) in [6.45, 7) is 8.11. The van der Waals surface area contributed by atoms with Crippen molar-refractivity contribution in [3.8, 4) is 0 Å². The lowest BCUT2D eigenvalue weighted by Crippen LogP contribution is -2.26. The first-order chi connectivity index (χ1) is 6.47. The van der Waals surface area contributed by atoms with Crippen LogP contribution in [0.5, 0.6) is 0 Å². The van der Waals surface area contributed by atoms with Crippen LogP contribution in [0.2, 0.25) is 0 Å². The summed E-state index contributed by atoms with van der Waals surface area (Å²) < 4.78 is 12.5. The Hall–Kier alpha value is -0.960. The van der Waals surface area contributed by atoms with Crippen molar-refractivity contribution >= 4 is 0 Å². The van der Waals surface area contributed by atoms with Crippen molar-refractivity contribution in [1.29, 1.82) is 0 Å². The Morgan fingerprint density at radius 2 is 2.07 bits per heavy atom. The summed E-state index contributed by atoms with van der Waals surface area (Å²) in [5.74, 6) is -0.287. The number of hydrogen-bond donors (Lipinski definition) is 1. The zero-order valence-corrected chi connectivity index (χ0v) is 8.97. The van der Waals surface area contributed by atoms with Gasteiger partial charge in [0.25, 0.3) is 0 Å². The van der Waals surface area contributed by atoms with Gasteiger partial charge in [0.2, 0.25) is 0 Å². The molecule has 0 spiro atoms. The second-order valence-electron chi connectivity index (χ2n) is 4.63. The molecule has 1 N–H and O–H groups in total. The van der Waals surface area contributed by atoms with E-state index in [9.17, 15) is 4.39 Å². The first kappa shape index (κ1) is 11.1. The molecule has 1 aromatic rings. The topological polar surface area (TPSA) is 24.9 Å². The van der Waals surface area contributed by atoms with Crippen molar-refractivity contribution in [3.63, 3.8) is 0 Å². The van der Waals surface area contributed by atoms with Gasteiger partial charge in [0, 0.05) is 13.1 Å². The van der Waals surface area contributed by atoms with Crippen LogP contribution in [0.3, 0.4) is 0 Å². The first-order valence-electron chi connectivity index (χ1n) is 4.78. The number of nitrogens with one attached hydrogen (secondary N) is 1. The van der Waals surface area contributed by atoms with E-state index < -0.39 is 0 Å². The molecule has 1 rings (SSSR count). The van der Waals surface area contributed by atoms with Gasteiger partial charge < -0.3 is 5.32 Å². The van der Waals surface area contributed by atoms with Crippen LogP contribution in [0.25, 0.3) is 0 Å². The molecule has 3 heteroatoms. The van der Waals surface area contributed by atoms with Gasteiger partial charge in [-0.05, 0) is 17.5 Å². The molecule has 0 fully saturated rings. The molecule has 0 amide bonds. The third-order valence-electron chi connectivity index (χ3n) is 1.75. The van der Waals surface area contributed by atoms with E-state index in [1.54, 1.807) is 6.07 Å². The zero-order valence-electron chi connectivity index (χ0n) is 8.97. The van der Waals surface area contributed by atoms with Crippen LogP contribution in [0.4, 0.5) is 4.39 Å². The maximum atomic E-state index is 12.5. The van der Waals surface area contributed by atoms with Crippen molar-refractivity contribution in [1.82, 2.24) is 10.3 Å². The van der Waals surface area contributed by atoms with Crippen molar-refractivity contribution in [2.24, 2.45) is 5.41 Å². The lowest BCUT2D eigenvalue weighted by molar-refractivity contribution is 0.378. The van der Waals surface area contributed by atoms with Crippen molar-refractivity contribution < 1.29 is 4.39 Å². The summed E-state index contributed by atoms with van der Waals surface area (Å²) in [4.78, 5) is 3.96. The molecule has 1 aromatic heterocycles. The smallest absolute Gasteiger partial charge is 0.141 e. The normalized spacial score (nSPS) is 11.7. The van der Waals surface area contributed by atoms with Gasteiger partial charge in [-0.1, -0.05) is 20.8 Å². The molecule has 1 heterocycles. The monoisotopic (exact) mass is 196 g/mol. The van der Waals surface area contributed by atoms with E-state index in [0.29, 0.717) is 6.54 Å². The average molecular weight is 196 g/mol. The molecule has 14 heavy (non-hydrogen) atoms. The van der Waals surface area contributed by atoms with Crippen LogP contribution in [-0.4, -0.2) is 11.5 Å². The van der Waals surface area contributed by atoms with E-state index >= 15 is 0 Å². The maximum Gasteiger partial charge on any atom is 0.141 e. The zero-order chi connectivity index (χ0) is 10.6. The lowest BCUT2D eigenvalue weighted by Gasteiger charge is -2.18. The van der Waals surface area contributed by atoms with Gasteiger partial charge in [0.15, 0.2) is 0 Å². The van der Waals surface area contributed by atoms with E-state index in [1.807, 2.05) is 0 Å². The molecule has 0 aliphatic heterocycles. The molecular weight excluding hydrogens is 179 g/mol. The van der Waals surface area contributed by atoms with Gasteiger partial charge in [-0.15, -0.1) is 0 Å². The van der Waals surface area contributed by atoms with Crippen LogP contribution in [-0.2, 0) is 6.54 Å². The standard InChI is InChI=1S/C11H17FN2/c1-11(2,3)8-13-7-10-5-4-9(12)6-14-10/h4-6,13H,7-8H2,1-3H3. The van der Waals surface area contributed by atoms with Crippen molar-refractivity contribution in [2.75, 3.05) is 6.54 Å². The molecule has 0 radical (unpaired) electrons. The van der Waals surface area contributed by atoms with Crippen molar-refractivity contribution in [2.45, 2.75) is 27.3 Å². The molecule has 0 aliphatic carbocycles. The Morgan fingerprint density at radius 3 is 2.57 bits per heavy atom. The van der Waals surface area contributed by atoms with Crippen LogP contribution in [0.1, 0.15) is 26.5 Å². The molecule has 0 aromatic carbocycles. The Bertz CT molecular complexity index is 274. The minimum absolute atomic E-state index is 0.264. The van der Waals surface area contributed by atoms with E-state index in [1.165, 1.54) is 12.3 Å². The van der Waals surface area contributed by atoms with Crippen molar-refractivity contribution in [3.05, 3.63) is 29.8 Å². The fraction of sp³-hybridized carbons (Fsp3) is 0.545. The predicted octanol–water partition coefficient (Wildman–Crippen LogP) is 2.36. The largest absolute Gasteiger partial charge is 0.311 e. The van der Waals surface area contributed by atoms with Crippen LogP contribution >= 0.6 is 0 Å². The van der Waals surface area contributed by atoms with Gasteiger partial charge in [0.05, 0.1) is 11.9 Å². The van der Waals surface area contributed by atoms with Crippen LogP contribution in [0, 0.1) is 11.2 Å². The highest BCUT2D eigenvalue weighted by Crippen LogP contribution is 2.10. The fourth-order valence-electron chi connectivity index (χ4n) is 1.08. The average Bonchev–Trinajstić information content (AvgIpc) is 2.06. The van der Waals surface area contributed by atoms with Gasteiger partial charge in [-0.3, -0.25) is 4.98 Å². The Labute approximate surface area is 84.6 Å². The molecule has 78 valence electrons. The predicted molar refractivity (Wildman–Crippen MR) is 55.4 cm³/mol. The Balaban J connectivity index is 2.35. The fourth-order valence-corrected chi connectivity index (χ4v) is 1.08. The molecule has 0 atom stereocenters. The summed E-state index contributed by atoms with van der Waals surface area (Å²) in [6.07, 6.45) is 1.24. The summed E-state index contributed by atoms with van der Waals surface area (Å²) in [5.41, 5.74) is 1.13. The SMILES string of the molecule is CC(C)(C)CNCc1ccc(F)cn1. The van der Waals surface area contributed by atoms with Gasteiger partial charge in [0.1, 0.15) is 5.82 Å². The quantitative estimate of drug-likeness (QED) is 0.802. The summed E-state index contributed by atoms with van der Waals surface area (Å²) in [7, 11) is 0. The maximum absolute atomic E-state index is 12.5. The highest BCUT2D eigenvalue weighted by atomic mass is 19.1. The first-order valence-corrected chi connectivity index (χ1v) is 4.78. The highest BCUT2D eigenvalue weighted by Gasteiger charge is 2.08. The number of hydrogen-bond acceptors (Lipinski definition) is 2. The molecular formula is C11H17FN2. The molecule has 0 unspecified atom stereocenters. The number of halogens is 1. The summed E-state index contributed by atoms with van der Waals surface area (Å²) in [6, 6.07) is 3.13. The Kier molecular flexibility index (Phi) is 3.58. The molecule has 0 aliphatic rings. The number of aromatic nitrogens is 1. The molecule has 2 nitrogen and oxygen atoms in total. The minimum Gasteiger partial charge on any atom is -0.311 e. The van der Waals surface area contributed by atoms with Crippen LogP contribution < -0.4 is 5.32 Å². The third kappa shape index (κ3) is 4.33. The second kappa shape index (κ2) is 4.51. The third-order valence-corrected chi connectivity index (χ3v) is 1.75. The summed E-state index contributed by atoms with van der Waals surface area (Å²) in [5, 5.41) is 3.28. The number of nitrogens with zero attached hydrogens (tertiary/aromatic N) is 1. The van der Waals surface area contributed by atoms with Crippen LogP contribution in [0.15, 0.2) is 18.3 Å². The Morgan fingerprint density at radius 1 is 1.36 bits per heavy atom. The van der Waals surface area contributed by atoms with Gasteiger partial charge in [-0.25, -0.2) is 4.39 Å². The summed E-state index contributed by atoms with van der Waals surface area (Å²) >= 11 is 0. The van der Waals surface area contributed by atoms with E-state index in [4.69, 9.17) is 0 Å².